The van der Waals surface area contributed by atoms with Crippen molar-refractivity contribution < 1.29 is 36.2 Å². The van der Waals surface area contributed by atoms with Gasteiger partial charge in [0.25, 0.3) is 10.0 Å². The zero-order chi connectivity index (χ0) is 19.6. The van der Waals surface area contributed by atoms with E-state index in [1.165, 1.54) is 19.1 Å². The highest BCUT2D eigenvalue weighted by Gasteiger charge is 2.24. The van der Waals surface area contributed by atoms with Gasteiger partial charge in [0.05, 0.1) is 10.6 Å². The lowest BCUT2D eigenvalue weighted by molar-refractivity contribution is -0.139. The molecule has 2 N–H and O–H groups in total. The summed E-state index contributed by atoms with van der Waals surface area (Å²) in [7, 11) is -4.38. The molecule has 6 nitrogen and oxygen atoms in total. The number of halogens is 3. The SMILES string of the molecule is Cc1ccc(S(=O)(=O)Nc2ccc(F)c(F)c2F)c(C)c1OCC(=O)O. The first-order valence-corrected chi connectivity index (χ1v) is 8.64. The topological polar surface area (TPSA) is 92.7 Å². The molecule has 0 saturated carbocycles. The van der Waals surface area contributed by atoms with E-state index in [2.05, 4.69) is 0 Å². The number of hydrogen-bond donors (Lipinski definition) is 2. The summed E-state index contributed by atoms with van der Waals surface area (Å²) in [6, 6.07) is 3.91. The van der Waals surface area contributed by atoms with Crippen molar-refractivity contribution in [3.8, 4) is 5.75 Å². The van der Waals surface area contributed by atoms with Crippen molar-refractivity contribution in [2.45, 2.75) is 18.7 Å². The van der Waals surface area contributed by atoms with Gasteiger partial charge in [-0.3, -0.25) is 4.72 Å². The van der Waals surface area contributed by atoms with Gasteiger partial charge >= 0.3 is 5.97 Å². The number of anilines is 1. The van der Waals surface area contributed by atoms with Crippen LogP contribution in [0.25, 0.3) is 0 Å². The largest absolute Gasteiger partial charge is 0.481 e. The average Bonchev–Trinajstić information content (AvgIpc) is 2.54. The van der Waals surface area contributed by atoms with Crippen LogP contribution in [0.5, 0.6) is 5.75 Å². The van der Waals surface area contributed by atoms with Crippen LogP contribution in [0.1, 0.15) is 11.1 Å². The van der Waals surface area contributed by atoms with Gasteiger partial charge in [0.2, 0.25) is 0 Å². The van der Waals surface area contributed by atoms with E-state index >= 15 is 0 Å². The van der Waals surface area contributed by atoms with E-state index < -0.39 is 45.7 Å². The van der Waals surface area contributed by atoms with Gasteiger partial charge < -0.3 is 9.84 Å². The molecule has 0 atom stereocenters. The van der Waals surface area contributed by atoms with Crippen LogP contribution in [0, 0.1) is 31.3 Å². The Morgan fingerprint density at radius 3 is 2.38 bits per heavy atom. The van der Waals surface area contributed by atoms with Crippen molar-refractivity contribution in [2.75, 3.05) is 11.3 Å². The van der Waals surface area contributed by atoms with Crippen molar-refractivity contribution in [1.29, 1.82) is 0 Å². The smallest absolute Gasteiger partial charge is 0.341 e. The molecule has 2 aromatic carbocycles. The van der Waals surface area contributed by atoms with Crippen molar-refractivity contribution in [2.24, 2.45) is 0 Å². The Bertz CT molecular complexity index is 976. The first-order chi connectivity index (χ1) is 12.0. The number of hydrogen-bond acceptors (Lipinski definition) is 4. The molecule has 10 heteroatoms. The summed E-state index contributed by atoms with van der Waals surface area (Å²) in [6.07, 6.45) is 0. The van der Waals surface area contributed by atoms with Crippen LogP contribution >= 0.6 is 0 Å². The molecule has 140 valence electrons. The lowest BCUT2D eigenvalue weighted by Crippen LogP contribution is -2.17. The van der Waals surface area contributed by atoms with E-state index in [0.717, 1.165) is 6.07 Å². The number of carbonyl (C=O) groups is 1. The Balaban J connectivity index is 2.45. The number of carboxylic acids is 1. The van der Waals surface area contributed by atoms with Crippen LogP contribution in [0.15, 0.2) is 29.2 Å². The lowest BCUT2D eigenvalue weighted by atomic mass is 10.1. The number of aliphatic carboxylic acids is 1. The minimum atomic E-state index is -4.38. The molecule has 0 spiro atoms. The molecule has 0 heterocycles. The summed E-state index contributed by atoms with van der Waals surface area (Å²) in [4.78, 5) is 10.3. The molecule has 0 aliphatic heterocycles. The van der Waals surface area contributed by atoms with Gasteiger partial charge in [-0.15, -0.1) is 0 Å². The number of sulfonamides is 1. The summed E-state index contributed by atoms with van der Waals surface area (Å²) in [6.45, 7) is 2.28. The van der Waals surface area contributed by atoms with Crippen molar-refractivity contribution >= 4 is 21.7 Å². The second-order valence-electron chi connectivity index (χ2n) is 5.35. The van der Waals surface area contributed by atoms with Gasteiger partial charge in [-0.2, -0.15) is 0 Å². The second-order valence-corrected chi connectivity index (χ2v) is 7.00. The first kappa shape index (κ1) is 19.6. The molecule has 0 aromatic heterocycles. The molecule has 0 bridgehead atoms. The van der Waals surface area contributed by atoms with E-state index in [9.17, 15) is 26.4 Å². The Hall–Kier alpha value is -2.75. The number of ether oxygens (including phenoxy) is 1. The van der Waals surface area contributed by atoms with E-state index in [-0.39, 0.29) is 16.2 Å². The zero-order valence-corrected chi connectivity index (χ0v) is 14.5. The lowest BCUT2D eigenvalue weighted by Gasteiger charge is -2.16. The van der Waals surface area contributed by atoms with Crippen molar-refractivity contribution in [3.63, 3.8) is 0 Å². The number of aryl methyl sites for hydroxylation is 1. The normalized spacial score (nSPS) is 11.3. The van der Waals surface area contributed by atoms with Crippen LogP contribution in [-0.2, 0) is 14.8 Å². The van der Waals surface area contributed by atoms with Gasteiger partial charge in [0.15, 0.2) is 24.1 Å². The van der Waals surface area contributed by atoms with Crippen molar-refractivity contribution in [3.05, 3.63) is 52.8 Å². The van der Waals surface area contributed by atoms with E-state index in [0.29, 0.717) is 11.6 Å². The van der Waals surface area contributed by atoms with Gasteiger partial charge in [0, 0.05) is 5.56 Å². The predicted octanol–water partition coefficient (Wildman–Crippen LogP) is 2.98. The predicted molar refractivity (Wildman–Crippen MR) is 86.2 cm³/mol. The highest BCUT2D eigenvalue weighted by molar-refractivity contribution is 7.92. The molecule has 0 aliphatic carbocycles. The van der Waals surface area contributed by atoms with E-state index in [4.69, 9.17) is 9.84 Å². The summed E-state index contributed by atoms with van der Waals surface area (Å²) in [5.41, 5.74) is -0.194. The molecule has 2 rings (SSSR count). The maximum absolute atomic E-state index is 13.7. The van der Waals surface area contributed by atoms with Gasteiger partial charge in [-0.1, -0.05) is 6.07 Å². The minimum absolute atomic E-state index is 0.0426. The maximum atomic E-state index is 13.7. The summed E-state index contributed by atoms with van der Waals surface area (Å²) in [5, 5.41) is 8.70. The second kappa shape index (κ2) is 7.24. The molecule has 0 unspecified atom stereocenters. The number of nitrogens with one attached hydrogen (secondary N) is 1. The highest BCUT2D eigenvalue weighted by Crippen LogP contribution is 2.31. The Labute approximate surface area is 147 Å². The minimum Gasteiger partial charge on any atom is -0.481 e. The summed E-state index contributed by atoms with van der Waals surface area (Å²) < 4.78 is 71.9. The zero-order valence-electron chi connectivity index (χ0n) is 13.6. The average molecular weight is 389 g/mol. The molecule has 0 saturated heterocycles. The van der Waals surface area contributed by atoms with Gasteiger partial charge in [-0.25, -0.2) is 26.4 Å². The molecule has 0 amide bonds. The first-order valence-electron chi connectivity index (χ1n) is 7.15. The Morgan fingerprint density at radius 1 is 1.12 bits per heavy atom. The van der Waals surface area contributed by atoms with Crippen LogP contribution in [0.2, 0.25) is 0 Å². The number of rotatable bonds is 6. The van der Waals surface area contributed by atoms with Crippen LogP contribution < -0.4 is 9.46 Å². The molecular weight excluding hydrogens is 375 g/mol. The monoisotopic (exact) mass is 389 g/mol. The third-order valence-electron chi connectivity index (χ3n) is 3.46. The summed E-state index contributed by atoms with van der Waals surface area (Å²) in [5.74, 6) is -6.15. The standard InChI is InChI=1S/C16H14F3NO5S/c1-8-3-6-12(9(2)16(8)25-7-13(21)22)26(23,24)20-11-5-4-10(17)14(18)15(11)19/h3-6,20H,7H2,1-2H3,(H,21,22). The van der Waals surface area contributed by atoms with E-state index in [1.54, 1.807) is 6.92 Å². The van der Waals surface area contributed by atoms with Crippen LogP contribution in [0.4, 0.5) is 18.9 Å². The molecule has 26 heavy (non-hydrogen) atoms. The molecule has 0 aliphatic rings. The quantitative estimate of drug-likeness (QED) is 0.741. The van der Waals surface area contributed by atoms with E-state index in [1.807, 2.05) is 4.72 Å². The molecule has 0 fully saturated rings. The summed E-state index contributed by atoms with van der Waals surface area (Å²) >= 11 is 0. The third-order valence-corrected chi connectivity index (χ3v) is 4.97. The molecule has 0 radical (unpaired) electrons. The molecule has 2 aromatic rings. The fraction of sp³-hybridized carbons (Fsp3) is 0.188. The van der Waals surface area contributed by atoms with Crippen LogP contribution in [-0.4, -0.2) is 26.1 Å². The Kier molecular flexibility index (Phi) is 5.45. The highest BCUT2D eigenvalue weighted by atomic mass is 32.2. The maximum Gasteiger partial charge on any atom is 0.341 e. The fourth-order valence-electron chi connectivity index (χ4n) is 2.26. The number of benzene rings is 2. The Morgan fingerprint density at radius 2 is 1.77 bits per heavy atom. The van der Waals surface area contributed by atoms with Crippen molar-refractivity contribution in [1.82, 2.24) is 0 Å². The fourth-order valence-corrected chi connectivity index (χ4v) is 3.56. The molecular formula is C16H14F3NO5S. The third kappa shape index (κ3) is 3.90. The number of carboxylic acid groups (broad SMARTS) is 1. The van der Waals surface area contributed by atoms with Gasteiger partial charge in [0.1, 0.15) is 5.75 Å². The van der Waals surface area contributed by atoms with Crippen LogP contribution in [0.3, 0.4) is 0 Å². The van der Waals surface area contributed by atoms with Gasteiger partial charge in [-0.05, 0) is 37.6 Å².